The van der Waals surface area contributed by atoms with E-state index < -0.39 is 0 Å². The molecule has 2 bridgehead atoms. The Morgan fingerprint density at radius 2 is 2.22 bits per heavy atom. The van der Waals surface area contributed by atoms with Crippen LogP contribution >= 0.6 is 0 Å². The predicted octanol–water partition coefficient (Wildman–Crippen LogP) is 1.91. The lowest BCUT2D eigenvalue weighted by atomic mass is 9.80. The van der Waals surface area contributed by atoms with Crippen molar-refractivity contribution >= 4 is 5.82 Å². The molecular weight excluding hydrogens is 224 g/mol. The average Bonchev–Trinajstić information content (AvgIpc) is 2.96. The second kappa shape index (κ2) is 4.52. The number of rotatable bonds is 3. The number of aromatic nitrogens is 1. The van der Waals surface area contributed by atoms with Gasteiger partial charge in [-0.25, -0.2) is 4.98 Å². The van der Waals surface area contributed by atoms with Crippen LogP contribution in [0.1, 0.15) is 42.9 Å². The van der Waals surface area contributed by atoms with Crippen LogP contribution in [0.2, 0.25) is 0 Å². The number of nitrogens with two attached hydrogens (primary N) is 2. The van der Waals surface area contributed by atoms with Crippen LogP contribution in [0.3, 0.4) is 0 Å². The largest absolute Gasteiger partial charge is 0.383 e. The molecule has 0 saturated heterocycles. The third-order valence-corrected chi connectivity index (χ3v) is 4.95. The monoisotopic (exact) mass is 246 g/mol. The minimum atomic E-state index is 0.161. The molecule has 0 radical (unpaired) electrons. The van der Waals surface area contributed by atoms with Gasteiger partial charge in [0.05, 0.1) is 6.04 Å². The number of hydrazine groups is 1. The Kier molecular flexibility index (Phi) is 2.99. The fourth-order valence-corrected chi connectivity index (χ4v) is 4.12. The Morgan fingerprint density at radius 3 is 2.78 bits per heavy atom. The zero-order valence-electron chi connectivity index (χ0n) is 10.9. The number of pyridine rings is 1. The third kappa shape index (κ3) is 1.80. The Morgan fingerprint density at radius 1 is 1.39 bits per heavy atom. The number of hydrogen-bond acceptors (Lipinski definition) is 4. The maximum Gasteiger partial charge on any atom is 0.128 e. The van der Waals surface area contributed by atoms with Crippen LogP contribution in [0.15, 0.2) is 12.3 Å². The highest BCUT2D eigenvalue weighted by molar-refractivity contribution is 5.46. The SMILES string of the molecule is Cc1ccnc(N)c1C(NN)C1CC2CCC1C2. The standard InChI is InChI=1S/C14H22N4/c1-8-4-5-17-14(15)12(8)13(18-16)11-7-9-2-3-10(11)6-9/h4-5,9-11,13,18H,2-3,6-7,16H2,1H3,(H2,15,17). The molecule has 0 spiro atoms. The molecule has 1 heterocycles. The molecule has 4 nitrogen and oxygen atoms in total. The van der Waals surface area contributed by atoms with Crippen molar-refractivity contribution in [1.82, 2.24) is 10.4 Å². The lowest BCUT2D eigenvalue weighted by Crippen LogP contribution is -2.36. The van der Waals surface area contributed by atoms with E-state index >= 15 is 0 Å². The zero-order valence-corrected chi connectivity index (χ0v) is 10.9. The zero-order chi connectivity index (χ0) is 12.7. The summed E-state index contributed by atoms with van der Waals surface area (Å²) in [5.41, 5.74) is 11.4. The molecule has 2 saturated carbocycles. The molecule has 2 aliphatic rings. The van der Waals surface area contributed by atoms with Gasteiger partial charge in [0, 0.05) is 11.8 Å². The molecule has 0 aliphatic heterocycles. The summed E-state index contributed by atoms with van der Waals surface area (Å²) in [5.74, 6) is 8.80. The van der Waals surface area contributed by atoms with E-state index in [1.54, 1.807) is 6.20 Å². The molecule has 1 aromatic rings. The van der Waals surface area contributed by atoms with E-state index in [0.717, 1.165) is 17.4 Å². The van der Waals surface area contributed by atoms with Gasteiger partial charge in [-0.3, -0.25) is 11.3 Å². The Labute approximate surface area is 108 Å². The van der Waals surface area contributed by atoms with Crippen LogP contribution in [0.25, 0.3) is 0 Å². The first-order valence-corrected chi connectivity index (χ1v) is 6.87. The van der Waals surface area contributed by atoms with Crippen molar-refractivity contribution in [3.8, 4) is 0 Å². The first-order chi connectivity index (χ1) is 8.70. The van der Waals surface area contributed by atoms with Crippen LogP contribution in [0.5, 0.6) is 0 Å². The number of hydrogen-bond donors (Lipinski definition) is 3. The molecule has 0 amide bonds. The minimum Gasteiger partial charge on any atom is -0.383 e. The fraction of sp³-hybridized carbons (Fsp3) is 0.643. The highest BCUT2D eigenvalue weighted by atomic mass is 15.2. The molecule has 4 heteroatoms. The number of nitrogens with zero attached hydrogens (tertiary/aromatic N) is 1. The predicted molar refractivity (Wildman–Crippen MR) is 72.4 cm³/mol. The Balaban J connectivity index is 1.93. The lowest BCUT2D eigenvalue weighted by Gasteiger charge is -2.31. The van der Waals surface area contributed by atoms with Crippen LogP contribution in [-0.4, -0.2) is 4.98 Å². The molecule has 4 unspecified atom stereocenters. The number of anilines is 1. The summed E-state index contributed by atoms with van der Waals surface area (Å²) in [6.07, 6.45) is 7.19. The van der Waals surface area contributed by atoms with Gasteiger partial charge in [0.1, 0.15) is 5.82 Å². The number of nitrogen functional groups attached to an aromatic ring is 1. The van der Waals surface area contributed by atoms with Crippen molar-refractivity contribution in [2.75, 3.05) is 5.73 Å². The van der Waals surface area contributed by atoms with Gasteiger partial charge in [-0.1, -0.05) is 6.42 Å². The van der Waals surface area contributed by atoms with Crippen molar-refractivity contribution in [2.24, 2.45) is 23.6 Å². The number of fused-ring (bicyclic) bond motifs is 2. The average molecular weight is 246 g/mol. The molecule has 18 heavy (non-hydrogen) atoms. The van der Waals surface area contributed by atoms with Crippen molar-refractivity contribution in [2.45, 2.75) is 38.6 Å². The molecule has 3 rings (SSSR count). The van der Waals surface area contributed by atoms with E-state index in [9.17, 15) is 0 Å². The van der Waals surface area contributed by atoms with Gasteiger partial charge >= 0.3 is 0 Å². The third-order valence-electron chi connectivity index (χ3n) is 4.95. The lowest BCUT2D eigenvalue weighted by molar-refractivity contribution is 0.252. The second-order valence-corrected chi connectivity index (χ2v) is 5.91. The summed E-state index contributed by atoms with van der Waals surface area (Å²) in [6, 6.07) is 2.18. The van der Waals surface area contributed by atoms with Crippen LogP contribution in [-0.2, 0) is 0 Å². The highest BCUT2D eigenvalue weighted by Gasteiger charge is 2.44. The molecule has 98 valence electrons. The minimum absolute atomic E-state index is 0.161. The molecule has 4 atom stereocenters. The normalized spacial score (nSPS) is 31.8. The van der Waals surface area contributed by atoms with Crippen molar-refractivity contribution in [3.63, 3.8) is 0 Å². The summed E-state index contributed by atoms with van der Waals surface area (Å²) in [6.45, 7) is 2.09. The summed E-state index contributed by atoms with van der Waals surface area (Å²) in [5, 5.41) is 0. The van der Waals surface area contributed by atoms with E-state index in [2.05, 4.69) is 17.3 Å². The van der Waals surface area contributed by atoms with E-state index in [1.165, 1.54) is 31.2 Å². The van der Waals surface area contributed by atoms with Gasteiger partial charge in [-0.05, 0) is 55.6 Å². The second-order valence-electron chi connectivity index (χ2n) is 5.91. The topological polar surface area (TPSA) is 77.0 Å². The quantitative estimate of drug-likeness (QED) is 0.562. The summed E-state index contributed by atoms with van der Waals surface area (Å²) in [7, 11) is 0. The van der Waals surface area contributed by atoms with E-state index in [1.807, 2.05) is 6.07 Å². The number of nitrogens with one attached hydrogen (secondary N) is 1. The smallest absolute Gasteiger partial charge is 0.128 e. The first kappa shape index (κ1) is 11.9. The summed E-state index contributed by atoms with van der Waals surface area (Å²) in [4.78, 5) is 4.22. The summed E-state index contributed by atoms with van der Waals surface area (Å²) >= 11 is 0. The maximum atomic E-state index is 6.06. The first-order valence-electron chi connectivity index (χ1n) is 6.87. The number of aryl methyl sites for hydroxylation is 1. The van der Waals surface area contributed by atoms with Gasteiger partial charge in [-0.15, -0.1) is 0 Å². The van der Waals surface area contributed by atoms with Crippen LogP contribution in [0, 0.1) is 24.7 Å². The Hall–Kier alpha value is -1.13. The fourth-order valence-electron chi connectivity index (χ4n) is 4.12. The van der Waals surface area contributed by atoms with Crippen LogP contribution in [0.4, 0.5) is 5.82 Å². The van der Waals surface area contributed by atoms with Crippen LogP contribution < -0.4 is 17.0 Å². The molecule has 5 N–H and O–H groups in total. The van der Waals surface area contributed by atoms with Crippen molar-refractivity contribution in [1.29, 1.82) is 0 Å². The highest BCUT2D eigenvalue weighted by Crippen LogP contribution is 2.53. The van der Waals surface area contributed by atoms with Gasteiger partial charge < -0.3 is 5.73 Å². The van der Waals surface area contributed by atoms with Gasteiger partial charge in [0.25, 0.3) is 0 Å². The molecule has 1 aromatic heterocycles. The molecule has 2 aliphatic carbocycles. The Bertz CT molecular complexity index is 425. The van der Waals surface area contributed by atoms with E-state index in [0.29, 0.717) is 11.7 Å². The van der Waals surface area contributed by atoms with Gasteiger partial charge in [-0.2, -0.15) is 0 Å². The maximum absolute atomic E-state index is 6.06. The van der Waals surface area contributed by atoms with Crippen molar-refractivity contribution in [3.05, 3.63) is 23.4 Å². The molecule has 2 fully saturated rings. The van der Waals surface area contributed by atoms with Gasteiger partial charge in [0.15, 0.2) is 0 Å². The van der Waals surface area contributed by atoms with Crippen molar-refractivity contribution < 1.29 is 0 Å². The molecule has 0 aromatic carbocycles. The summed E-state index contributed by atoms with van der Waals surface area (Å²) < 4.78 is 0. The van der Waals surface area contributed by atoms with Gasteiger partial charge in [0.2, 0.25) is 0 Å². The molecular formula is C14H22N4. The van der Waals surface area contributed by atoms with E-state index in [-0.39, 0.29) is 6.04 Å². The van der Waals surface area contributed by atoms with E-state index in [4.69, 9.17) is 11.6 Å².